The lowest BCUT2D eigenvalue weighted by Gasteiger charge is -2.36. The van der Waals surface area contributed by atoms with Gasteiger partial charge in [0.2, 0.25) is 5.76 Å². The summed E-state index contributed by atoms with van der Waals surface area (Å²) >= 11 is 0. The largest absolute Gasteiger partial charge is 0.393 e. The first kappa shape index (κ1) is 15.3. The SMILES string of the molecule is CC[C@H]1C[C@@H](O)CCN1C(=O)c1cc(N2CCOCC2)no1. The summed E-state index contributed by atoms with van der Waals surface area (Å²) in [5, 5.41) is 13.8. The number of aliphatic hydroxyl groups excluding tert-OH is 1. The molecule has 1 aromatic rings. The summed E-state index contributed by atoms with van der Waals surface area (Å²) in [4.78, 5) is 16.5. The third-order valence-electron chi connectivity index (χ3n) is 4.46. The molecule has 0 spiro atoms. The zero-order chi connectivity index (χ0) is 15.5. The number of hydrogen-bond acceptors (Lipinski definition) is 6. The Labute approximate surface area is 129 Å². The molecule has 0 unspecified atom stereocenters. The first-order valence-electron chi connectivity index (χ1n) is 7.97. The van der Waals surface area contributed by atoms with Crippen molar-refractivity contribution in [1.82, 2.24) is 10.1 Å². The molecule has 1 N–H and O–H groups in total. The molecule has 122 valence electrons. The number of anilines is 1. The highest BCUT2D eigenvalue weighted by Gasteiger charge is 2.32. The summed E-state index contributed by atoms with van der Waals surface area (Å²) in [5.41, 5.74) is 0. The Bertz CT molecular complexity index is 513. The Morgan fingerprint density at radius 1 is 1.41 bits per heavy atom. The number of morpholine rings is 1. The van der Waals surface area contributed by atoms with Crippen LogP contribution in [0.3, 0.4) is 0 Å². The molecule has 7 heteroatoms. The number of nitrogens with zero attached hydrogens (tertiary/aromatic N) is 3. The number of piperidine rings is 1. The fourth-order valence-corrected chi connectivity index (χ4v) is 3.13. The van der Waals surface area contributed by atoms with Gasteiger partial charge in [0.15, 0.2) is 5.82 Å². The maximum absolute atomic E-state index is 12.6. The maximum atomic E-state index is 12.6. The number of hydrogen-bond donors (Lipinski definition) is 1. The minimum absolute atomic E-state index is 0.0631. The summed E-state index contributed by atoms with van der Waals surface area (Å²) in [7, 11) is 0. The molecule has 1 aromatic heterocycles. The summed E-state index contributed by atoms with van der Waals surface area (Å²) in [5.74, 6) is 0.832. The molecule has 3 heterocycles. The summed E-state index contributed by atoms with van der Waals surface area (Å²) in [6.07, 6.45) is 1.76. The molecule has 1 amide bonds. The van der Waals surface area contributed by atoms with Crippen molar-refractivity contribution in [3.8, 4) is 0 Å². The Morgan fingerprint density at radius 3 is 2.91 bits per heavy atom. The van der Waals surface area contributed by atoms with E-state index >= 15 is 0 Å². The van der Waals surface area contributed by atoms with E-state index in [1.807, 2.05) is 6.92 Å². The third-order valence-corrected chi connectivity index (χ3v) is 4.46. The van der Waals surface area contributed by atoms with E-state index in [0.717, 1.165) is 19.5 Å². The zero-order valence-corrected chi connectivity index (χ0v) is 12.9. The van der Waals surface area contributed by atoms with Gasteiger partial charge >= 0.3 is 0 Å². The number of carbonyl (C=O) groups excluding carboxylic acids is 1. The molecule has 2 aliphatic heterocycles. The molecule has 3 rings (SSSR count). The molecular weight excluding hydrogens is 286 g/mol. The monoisotopic (exact) mass is 309 g/mol. The minimum Gasteiger partial charge on any atom is -0.393 e. The molecule has 7 nitrogen and oxygen atoms in total. The Hall–Kier alpha value is -1.60. The van der Waals surface area contributed by atoms with Gasteiger partial charge in [-0.05, 0) is 19.3 Å². The van der Waals surface area contributed by atoms with E-state index in [0.29, 0.717) is 38.4 Å². The van der Waals surface area contributed by atoms with E-state index in [9.17, 15) is 9.90 Å². The quantitative estimate of drug-likeness (QED) is 0.893. The van der Waals surface area contributed by atoms with E-state index in [1.165, 1.54) is 0 Å². The average molecular weight is 309 g/mol. The van der Waals surface area contributed by atoms with Gasteiger partial charge in [-0.25, -0.2) is 0 Å². The van der Waals surface area contributed by atoms with Gasteiger partial charge in [-0.3, -0.25) is 4.79 Å². The lowest BCUT2D eigenvalue weighted by molar-refractivity contribution is 0.0286. The first-order valence-corrected chi connectivity index (χ1v) is 7.97. The predicted octanol–water partition coefficient (Wildman–Crippen LogP) is 0.887. The molecule has 0 aromatic carbocycles. The van der Waals surface area contributed by atoms with Crippen molar-refractivity contribution in [3.05, 3.63) is 11.8 Å². The topological polar surface area (TPSA) is 79.0 Å². The molecule has 0 bridgehead atoms. The second-order valence-electron chi connectivity index (χ2n) is 5.89. The van der Waals surface area contributed by atoms with Gasteiger partial charge < -0.3 is 24.2 Å². The summed E-state index contributed by atoms with van der Waals surface area (Å²) in [6.45, 7) is 5.44. The molecule has 0 aliphatic carbocycles. The van der Waals surface area contributed by atoms with Crippen LogP contribution in [0.4, 0.5) is 5.82 Å². The standard InChI is InChI=1S/C15H23N3O4/c1-2-11-9-12(19)3-4-18(11)15(20)13-10-14(16-22-13)17-5-7-21-8-6-17/h10-12,19H,2-9H2,1H3/t11-,12-/m0/s1. The number of rotatable bonds is 3. The van der Waals surface area contributed by atoms with Crippen molar-refractivity contribution < 1.29 is 19.2 Å². The van der Waals surface area contributed by atoms with Crippen molar-refractivity contribution >= 4 is 11.7 Å². The molecule has 2 atom stereocenters. The Kier molecular flexibility index (Phi) is 4.63. The highest BCUT2D eigenvalue weighted by molar-refractivity contribution is 5.92. The molecule has 2 saturated heterocycles. The minimum atomic E-state index is -0.312. The van der Waals surface area contributed by atoms with Crippen LogP contribution in [0.5, 0.6) is 0 Å². The summed E-state index contributed by atoms with van der Waals surface area (Å²) in [6, 6.07) is 1.78. The van der Waals surface area contributed by atoms with Crippen molar-refractivity contribution in [2.24, 2.45) is 0 Å². The Morgan fingerprint density at radius 2 is 2.18 bits per heavy atom. The third kappa shape index (κ3) is 3.10. The fraction of sp³-hybridized carbons (Fsp3) is 0.733. The number of amides is 1. The molecular formula is C15H23N3O4. The average Bonchev–Trinajstić information content (AvgIpc) is 3.05. The van der Waals surface area contributed by atoms with Gasteiger partial charge in [0.25, 0.3) is 5.91 Å². The van der Waals surface area contributed by atoms with E-state index in [1.54, 1.807) is 11.0 Å². The van der Waals surface area contributed by atoms with Crippen LogP contribution in [0.2, 0.25) is 0 Å². The number of likely N-dealkylation sites (tertiary alicyclic amines) is 1. The summed E-state index contributed by atoms with van der Waals surface area (Å²) < 4.78 is 10.6. The van der Waals surface area contributed by atoms with E-state index in [2.05, 4.69) is 10.1 Å². The van der Waals surface area contributed by atoms with Crippen LogP contribution >= 0.6 is 0 Å². The van der Waals surface area contributed by atoms with Gasteiger partial charge in [0, 0.05) is 31.7 Å². The molecule has 0 radical (unpaired) electrons. The van der Waals surface area contributed by atoms with Gasteiger partial charge in [0.05, 0.1) is 19.3 Å². The van der Waals surface area contributed by atoms with Gasteiger partial charge in [-0.2, -0.15) is 0 Å². The predicted molar refractivity (Wildman–Crippen MR) is 79.9 cm³/mol. The highest BCUT2D eigenvalue weighted by Crippen LogP contribution is 2.24. The second-order valence-corrected chi connectivity index (χ2v) is 5.89. The van der Waals surface area contributed by atoms with Crippen LogP contribution in [0.15, 0.2) is 10.6 Å². The molecule has 2 aliphatic rings. The van der Waals surface area contributed by atoms with E-state index in [4.69, 9.17) is 9.26 Å². The molecule has 0 saturated carbocycles. The number of aliphatic hydroxyl groups is 1. The second kappa shape index (κ2) is 6.66. The maximum Gasteiger partial charge on any atom is 0.292 e. The zero-order valence-electron chi connectivity index (χ0n) is 12.9. The van der Waals surface area contributed by atoms with Gasteiger partial charge in [-0.1, -0.05) is 12.1 Å². The smallest absolute Gasteiger partial charge is 0.292 e. The normalized spacial score (nSPS) is 26.3. The van der Waals surface area contributed by atoms with Crippen molar-refractivity contribution in [2.45, 2.75) is 38.3 Å². The van der Waals surface area contributed by atoms with E-state index in [-0.39, 0.29) is 23.8 Å². The van der Waals surface area contributed by atoms with Gasteiger partial charge in [0.1, 0.15) is 0 Å². The fourth-order valence-electron chi connectivity index (χ4n) is 3.13. The highest BCUT2D eigenvalue weighted by atomic mass is 16.5. The molecule has 2 fully saturated rings. The van der Waals surface area contributed by atoms with Crippen molar-refractivity contribution in [3.63, 3.8) is 0 Å². The van der Waals surface area contributed by atoms with Crippen LogP contribution in [0, 0.1) is 0 Å². The number of aromatic nitrogens is 1. The number of ether oxygens (including phenoxy) is 1. The van der Waals surface area contributed by atoms with Crippen LogP contribution < -0.4 is 4.90 Å². The van der Waals surface area contributed by atoms with Crippen LogP contribution in [-0.2, 0) is 4.74 Å². The molecule has 22 heavy (non-hydrogen) atoms. The van der Waals surface area contributed by atoms with Crippen LogP contribution in [-0.4, -0.2) is 66.1 Å². The Balaban J connectivity index is 1.70. The number of carbonyl (C=O) groups is 1. The lowest BCUT2D eigenvalue weighted by atomic mass is 9.97. The van der Waals surface area contributed by atoms with Crippen molar-refractivity contribution in [2.75, 3.05) is 37.7 Å². The van der Waals surface area contributed by atoms with Crippen LogP contribution in [0.1, 0.15) is 36.7 Å². The van der Waals surface area contributed by atoms with Crippen LogP contribution in [0.25, 0.3) is 0 Å². The van der Waals surface area contributed by atoms with Crippen molar-refractivity contribution in [1.29, 1.82) is 0 Å². The first-order chi connectivity index (χ1) is 10.7. The lowest BCUT2D eigenvalue weighted by Crippen LogP contribution is -2.47. The van der Waals surface area contributed by atoms with E-state index < -0.39 is 0 Å². The van der Waals surface area contributed by atoms with Gasteiger partial charge in [-0.15, -0.1) is 0 Å².